The number of rotatable bonds is 2. The van der Waals surface area contributed by atoms with Crippen molar-refractivity contribution in [1.29, 1.82) is 10.5 Å². The summed E-state index contributed by atoms with van der Waals surface area (Å²) in [5.74, 6) is 0. The zero-order chi connectivity index (χ0) is 26.8. The number of benzene rings is 6. The quantitative estimate of drug-likeness (QED) is 0.233. The first-order chi connectivity index (χ1) is 19.7. The third kappa shape index (κ3) is 3.11. The average Bonchev–Trinajstić information content (AvgIpc) is 3.55. The Balaban J connectivity index is 1.45. The van der Waals surface area contributed by atoms with Crippen molar-refractivity contribution < 1.29 is 4.42 Å². The van der Waals surface area contributed by atoms with Crippen LogP contribution in [0.1, 0.15) is 11.1 Å². The summed E-state index contributed by atoms with van der Waals surface area (Å²) in [7, 11) is 0. The van der Waals surface area contributed by atoms with Crippen molar-refractivity contribution in [1.82, 2.24) is 4.57 Å². The van der Waals surface area contributed by atoms with E-state index in [1.807, 2.05) is 24.3 Å². The fourth-order valence-electron chi connectivity index (χ4n) is 6.02. The fourth-order valence-corrected chi connectivity index (χ4v) is 6.02. The summed E-state index contributed by atoms with van der Waals surface area (Å²) >= 11 is 0. The van der Waals surface area contributed by atoms with Crippen LogP contribution < -0.4 is 0 Å². The minimum absolute atomic E-state index is 0.514. The minimum Gasteiger partial charge on any atom is -0.456 e. The molecule has 0 radical (unpaired) electrons. The smallest absolute Gasteiger partial charge is 0.136 e. The molecule has 184 valence electrons. The van der Waals surface area contributed by atoms with E-state index < -0.39 is 0 Å². The van der Waals surface area contributed by atoms with Gasteiger partial charge in [-0.1, -0.05) is 60.7 Å². The van der Waals surface area contributed by atoms with Crippen molar-refractivity contribution in [2.45, 2.75) is 0 Å². The highest BCUT2D eigenvalue weighted by Gasteiger charge is 2.18. The Morgan fingerprint density at radius 2 is 1.30 bits per heavy atom. The van der Waals surface area contributed by atoms with E-state index in [4.69, 9.17) is 4.42 Å². The molecule has 4 nitrogen and oxygen atoms in total. The molecule has 4 heteroatoms. The molecule has 0 saturated heterocycles. The molecule has 0 unspecified atom stereocenters. The van der Waals surface area contributed by atoms with Crippen LogP contribution in [-0.4, -0.2) is 4.57 Å². The molecule has 0 fully saturated rings. The van der Waals surface area contributed by atoms with Crippen LogP contribution in [-0.2, 0) is 0 Å². The van der Waals surface area contributed by atoms with Gasteiger partial charge in [-0.05, 0) is 76.5 Å². The molecule has 40 heavy (non-hydrogen) atoms. The topological polar surface area (TPSA) is 65.7 Å². The lowest BCUT2D eigenvalue weighted by atomic mass is 9.99. The SMILES string of the molecule is N#Cc1ccc(C#N)c(-n2c3ccc(-c4ccc5c(c4)oc4ccccc45)cc3c3c4ccccc4ccc32)c1. The molecule has 8 aromatic rings. The van der Waals surface area contributed by atoms with Gasteiger partial charge in [0.25, 0.3) is 0 Å². The molecule has 0 aliphatic carbocycles. The lowest BCUT2D eigenvalue weighted by molar-refractivity contribution is 0.669. The number of hydrogen-bond acceptors (Lipinski definition) is 3. The van der Waals surface area contributed by atoms with E-state index in [0.29, 0.717) is 16.8 Å². The zero-order valence-corrected chi connectivity index (χ0v) is 21.2. The number of nitrogens with zero attached hydrogens (tertiary/aromatic N) is 3. The summed E-state index contributed by atoms with van der Waals surface area (Å²) in [6.07, 6.45) is 0. The summed E-state index contributed by atoms with van der Waals surface area (Å²) in [5, 5.41) is 26.3. The standard InChI is InChI=1S/C36H19N3O/c37-20-22-9-10-26(21-38)33(17-22)39-31-15-13-24(18-30(31)36-27-6-2-1-5-23(27)12-16-32(36)39)25-11-14-29-28-7-3-4-8-34(28)40-35(29)19-25/h1-19H. The summed E-state index contributed by atoms with van der Waals surface area (Å²) in [6.45, 7) is 0. The van der Waals surface area contributed by atoms with Gasteiger partial charge in [-0.3, -0.25) is 0 Å². The van der Waals surface area contributed by atoms with Crippen LogP contribution in [0.25, 0.3) is 71.3 Å². The van der Waals surface area contributed by atoms with Gasteiger partial charge >= 0.3 is 0 Å². The summed E-state index contributed by atoms with van der Waals surface area (Å²) in [5.41, 5.74) is 7.59. The summed E-state index contributed by atoms with van der Waals surface area (Å²) < 4.78 is 8.29. The maximum Gasteiger partial charge on any atom is 0.136 e. The third-order valence-corrected chi connectivity index (χ3v) is 7.86. The molecule has 8 rings (SSSR count). The molecule has 0 amide bonds. The van der Waals surface area contributed by atoms with Gasteiger partial charge in [0.05, 0.1) is 33.9 Å². The molecule has 0 spiro atoms. The fraction of sp³-hybridized carbons (Fsp3) is 0. The molecule has 0 N–H and O–H groups in total. The molecule has 0 atom stereocenters. The van der Waals surface area contributed by atoms with Gasteiger partial charge in [-0.15, -0.1) is 0 Å². The largest absolute Gasteiger partial charge is 0.456 e. The van der Waals surface area contributed by atoms with Crippen molar-refractivity contribution in [2.75, 3.05) is 0 Å². The molecule has 6 aromatic carbocycles. The lowest BCUT2D eigenvalue weighted by Gasteiger charge is -2.11. The predicted molar refractivity (Wildman–Crippen MR) is 160 cm³/mol. The first-order valence-electron chi connectivity index (χ1n) is 13.1. The Morgan fingerprint density at radius 3 is 2.17 bits per heavy atom. The Labute approximate surface area is 229 Å². The van der Waals surface area contributed by atoms with Crippen molar-refractivity contribution in [3.63, 3.8) is 0 Å². The highest BCUT2D eigenvalue weighted by atomic mass is 16.3. The van der Waals surface area contributed by atoms with Gasteiger partial charge in [0, 0.05) is 21.5 Å². The number of fused-ring (bicyclic) bond motifs is 8. The monoisotopic (exact) mass is 509 g/mol. The van der Waals surface area contributed by atoms with E-state index in [1.165, 1.54) is 0 Å². The summed E-state index contributed by atoms with van der Waals surface area (Å²) in [4.78, 5) is 0. The summed E-state index contributed by atoms with van der Waals surface area (Å²) in [6, 6.07) is 43.3. The van der Waals surface area contributed by atoms with Gasteiger partial charge in [0.2, 0.25) is 0 Å². The number of para-hydroxylation sites is 1. The molecule has 0 saturated carbocycles. The van der Waals surface area contributed by atoms with Crippen molar-refractivity contribution in [3.8, 4) is 29.0 Å². The molecule has 0 bridgehead atoms. The van der Waals surface area contributed by atoms with Gasteiger partial charge in [0.1, 0.15) is 17.2 Å². The Kier molecular flexibility index (Phi) is 4.62. The van der Waals surface area contributed by atoms with E-state index in [9.17, 15) is 10.5 Å². The molecule has 0 aliphatic rings. The Morgan fingerprint density at radius 1 is 0.550 bits per heavy atom. The third-order valence-electron chi connectivity index (χ3n) is 7.86. The number of furan rings is 1. The van der Waals surface area contributed by atoms with Crippen molar-refractivity contribution in [3.05, 3.63) is 126 Å². The van der Waals surface area contributed by atoms with E-state index in [0.717, 1.165) is 65.6 Å². The number of hydrogen-bond donors (Lipinski definition) is 0. The predicted octanol–water partition coefficient (Wildman–Crippen LogP) is 9.25. The maximum absolute atomic E-state index is 9.97. The minimum atomic E-state index is 0.514. The van der Waals surface area contributed by atoms with Crippen LogP contribution in [0.15, 0.2) is 120 Å². The molecular formula is C36H19N3O. The maximum atomic E-state index is 9.97. The van der Waals surface area contributed by atoms with E-state index in [2.05, 4.69) is 89.5 Å². The highest BCUT2D eigenvalue weighted by molar-refractivity contribution is 6.22. The first-order valence-corrected chi connectivity index (χ1v) is 13.1. The van der Waals surface area contributed by atoms with Gasteiger partial charge in [-0.25, -0.2) is 0 Å². The molecule has 2 aromatic heterocycles. The van der Waals surface area contributed by atoms with E-state index in [-0.39, 0.29) is 0 Å². The van der Waals surface area contributed by atoms with Crippen LogP contribution in [0.2, 0.25) is 0 Å². The highest BCUT2D eigenvalue weighted by Crippen LogP contribution is 2.40. The van der Waals surface area contributed by atoms with E-state index in [1.54, 1.807) is 18.2 Å². The zero-order valence-electron chi connectivity index (χ0n) is 21.2. The first kappa shape index (κ1) is 22.2. The Hall–Kier alpha value is -5.84. The van der Waals surface area contributed by atoms with Crippen molar-refractivity contribution >= 4 is 54.5 Å². The lowest BCUT2D eigenvalue weighted by Crippen LogP contribution is -1.98. The second kappa shape index (κ2) is 8.33. The number of aromatic nitrogens is 1. The van der Waals surface area contributed by atoms with Crippen LogP contribution in [0.4, 0.5) is 0 Å². The molecule has 2 heterocycles. The van der Waals surface area contributed by atoms with Gasteiger partial charge < -0.3 is 8.98 Å². The van der Waals surface area contributed by atoms with Crippen LogP contribution in [0.3, 0.4) is 0 Å². The molecular weight excluding hydrogens is 490 g/mol. The second-order valence-electron chi connectivity index (χ2n) is 10.0. The van der Waals surface area contributed by atoms with Crippen LogP contribution in [0, 0.1) is 22.7 Å². The van der Waals surface area contributed by atoms with Crippen molar-refractivity contribution in [2.24, 2.45) is 0 Å². The van der Waals surface area contributed by atoms with Gasteiger partial charge in [-0.2, -0.15) is 10.5 Å². The van der Waals surface area contributed by atoms with Crippen LogP contribution >= 0.6 is 0 Å². The Bertz CT molecular complexity index is 2410. The second-order valence-corrected chi connectivity index (χ2v) is 10.0. The van der Waals surface area contributed by atoms with E-state index >= 15 is 0 Å². The normalized spacial score (nSPS) is 11.4. The molecule has 0 aliphatic heterocycles. The average molecular weight is 510 g/mol. The van der Waals surface area contributed by atoms with Gasteiger partial charge in [0.15, 0.2) is 0 Å². The van der Waals surface area contributed by atoms with Crippen LogP contribution in [0.5, 0.6) is 0 Å². The number of nitriles is 2.